The number of nitrogens with zero attached hydrogens (tertiary/aromatic N) is 1. The van der Waals surface area contributed by atoms with Crippen molar-refractivity contribution in [3.05, 3.63) is 58.1 Å². The highest BCUT2D eigenvalue weighted by molar-refractivity contribution is 9.10. The Kier molecular flexibility index (Phi) is 4.61. The topological polar surface area (TPSA) is 29.3 Å². The van der Waals surface area contributed by atoms with Gasteiger partial charge >= 0.3 is 0 Å². The lowest BCUT2D eigenvalue weighted by Crippen LogP contribution is -2.16. The molecular weight excluding hydrogens is 300 g/mol. The van der Waals surface area contributed by atoms with Gasteiger partial charge in [-0.2, -0.15) is 0 Å². The minimum Gasteiger partial charge on any atom is -0.342 e. The van der Waals surface area contributed by atoms with Crippen LogP contribution in [0.5, 0.6) is 0 Å². The van der Waals surface area contributed by atoms with Crippen molar-refractivity contribution >= 4 is 27.3 Å². The molecule has 0 heterocycles. The number of hydrogen-bond donors (Lipinski definition) is 1. The number of halogens is 1. The smallest absolute Gasteiger partial charge is 0.0425 e. The Balaban J connectivity index is 2.44. The van der Waals surface area contributed by atoms with E-state index in [2.05, 4.69) is 77.1 Å². The molecule has 0 atom stereocenters. The Morgan fingerprint density at radius 1 is 1.11 bits per heavy atom. The van der Waals surface area contributed by atoms with Crippen molar-refractivity contribution in [3.63, 3.8) is 0 Å². The van der Waals surface area contributed by atoms with E-state index in [0.717, 1.165) is 16.6 Å². The molecule has 0 bridgehead atoms. The van der Waals surface area contributed by atoms with E-state index in [1.165, 1.54) is 16.9 Å². The van der Waals surface area contributed by atoms with Gasteiger partial charge in [-0.25, -0.2) is 0 Å². The molecule has 0 aliphatic heterocycles. The highest BCUT2D eigenvalue weighted by atomic mass is 79.9. The van der Waals surface area contributed by atoms with Crippen LogP contribution in [-0.4, -0.2) is 6.54 Å². The highest BCUT2D eigenvalue weighted by Gasteiger charge is 2.09. The van der Waals surface area contributed by atoms with E-state index in [1.807, 2.05) is 0 Å². The van der Waals surface area contributed by atoms with E-state index >= 15 is 0 Å². The third-order valence-electron chi connectivity index (χ3n) is 3.12. The molecule has 2 aromatic rings. The van der Waals surface area contributed by atoms with Crippen LogP contribution in [0.25, 0.3) is 0 Å². The number of benzene rings is 2. The van der Waals surface area contributed by atoms with Crippen molar-refractivity contribution in [2.75, 3.05) is 11.4 Å². The van der Waals surface area contributed by atoms with Crippen molar-refractivity contribution in [3.8, 4) is 0 Å². The molecule has 0 saturated heterocycles. The molecule has 0 fully saturated rings. The predicted octanol–water partition coefficient (Wildman–Crippen LogP) is 4.37. The number of rotatable bonds is 4. The Bertz CT molecular complexity index is 566. The van der Waals surface area contributed by atoms with Gasteiger partial charge in [-0.15, -0.1) is 0 Å². The van der Waals surface area contributed by atoms with Crippen LogP contribution in [0.2, 0.25) is 0 Å². The standard InChI is InChI=1S/C16H19BrN2/c1-3-19(15-6-4-5-12(2)7-15)16-9-13(11-18)8-14(17)10-16/h4-10H,3,11,18H2,1-2H3. The normalized spacial score (nSPS) is 10.5. The second-order valence-electron chi connectivity index (χ2n) is 4.61. The van der Waals surface area contributed by atoms with Gasteiger partial charge in [0, 0.05) is 28.9 Å². The van der Waals surface area contributed by atoms with Gasteiger partial charge in [0.2, 0.25) is 0 Å². The Hall–Kier alpha value is -1.32. The SMILES string of the molecule is CCN(c1cccc(C)c1)c1cc(Br)cc(CN)c1. The Labute approximate surface area is 123 Å². The van der Waals surface area contributed by atoms with Crippen LogP contribution in [0.15, 0.2) is 46.9 Å². The third kappa shape index (κ3) is 3.37. The lowest BCUT2D eigenvalue weighted by atomic mass is 10.1. The molecule has 3 heteroatoms. The van der Waals surface area contributed by atoms with E-state index in [-0.39, 0.29) is 0 Å². The molecule has 2 rings (SSSR count). The number of aryl methyl sites for hydroxylation is 1. The summed E-state index contributed by atoms with van der Waals surface area (Å²) in [7, 11) is 0. The van der Waals surface area contributed by atoms with E-state index in [0.29, 0.717) is 6.54 Å². The second kappa shape index (κ2) is 6.22. The average Bonchev–Trinajstić information content (AvgIpc) is 2.39. The minimum absolute atomic E-state index is 0.553. The molecule has 2 N–H and O–H groups in total. The van der Waals surface area contributed by atoms with Crippen LogP contribution < -0.4 is 10.6 Å². The second-order valence-corrected chi connectivity index (χ2v) is 5.52. The summed E-state index contributed by atoms with van der Waals surface area (Å²) < 4.78 is 1.07. The molecule has 2 nitrogen and oxygen atoms in total. The summed E-state index contributed by atoms with van der Waals surface area (Å²) in [5.74, 6) is 0. The molecule has 0 spiro atoms. The summed E-state index contributed by atoms with van der Waals surface area (Å²) in [6.45, 7) is 5.75. The summed E-state index contributed by atoms with van der Waals surface area (Å²) in [6.07, 6.45) is 0. The summed E-state index contributed by atoms with van der Waals surface area (Å²) in [5.41, 5.74) is 10.5. The van der Waals surface area contributed by atoms with Gasteiger partial charge < -0.3 is 10.6 Å². The zero-order chi connectivity index (χ0) is 13.8. The maximum Gasteiger partial charge on any atom is 0.0425 e. The molecular formula is C16H19BrN2. The molecule has 0 radical (unpaired) electrons. The monoisotopic (exact) mass is 318 g/mol. The Morgan fingerprint density at radius 3 is 2.53 bits per heavy atom. The quantitative estimate of drug-likeness (QED) is 0.906. The molecule has 100 valence electrons. The van der Waals surface area contributed by atoms with Crippen LogP contribution in [0.4, 0.5) is 11.4 Å². The van der Waals surface area contributed by atoms with E-state index in [9.17, 15) is 0 Å². The lowest BCUT2D eigenvalue weighted by molar-refractivity contribution is 1.01. The average molecular weight is 319 g/mol. The fourth-order valence-electron chi connectivity index (χ4n) is 2.22. The van der Waals surface area contributed by atoms with Gasteiger partial charge in [0.1, 0.15) is 0 Å². The molecule has 0 aliphatic carbocycles. The first-order chi connectivity index (χ1) is 9.13. The summed E-state index contributed by atoms with van der Waals surface area (Å²) in [4.78, 5) is 2.29. The molecule has 0 aliphatic rings. The molecule has 0 aromatic heterocycles. The van der Waals surface area contributed by atoms with Crippen molar-refractivity contribution in [2.45, 2.75) is 20.4 Å². The maximum atomic E-state index is 5.75. The van der Waals surface area contributed by atoms with Crippen LogP contribution >= 0.6 is 15.9 Å². The van der Waals surface area contributed by atoms with Crippen molar-refractivity contribution < 1.29 is 0 Å². The van der Waals surface area contributed by atoms with Gasteiger partial charge in [-0.1, -0.05) is 28.1 Å². The first-order valence-electron chi connectivity index (χ1n) is 6.47. The van der Waals surface area contributed by atoms with Gasteiger partial charge in [-0.3, -0.25) is 0 Å². The van der Waals surface area contributed by atoms with Crippen molar-refractivity contribution in [1.82, 2.24) is 0 Å². The molecule has 19 heavy (non-hydrogen) atoms. The highest BCUT2D eigenvalue weighted by Crippen LogP contribution is 2.29. The largest absolute Gasteiger partial charge is 0.342 e. The van der Waals surface area contributed by atoms with Gasteiger partial charge in [0.05, 0.1) is 0 Å². The number of nitrogens with two attached hydrogens (primary N) is 1. The lowest BCUT2D eigenvalue weighted by Gasteiger charge is -2.24. The molecule has 0 saturated carbocycles. The van der Waals surface area contributed by atoms with Crippen molar-refractivity contribution in [2.24, 2.45) is 5.73 Å². The summed E-state index contributed by atoms with van der Waals surface area (Å²) in [5, 5.41) is 0. The third-order valence-corrected chi connectivity index (χ3v) is 3.58. The van der Waals surface area contributed by atoms with Crippen LogP contribution in [0.1, 0.15) is 18.1 Å². The zero-order valence-corrected chi connectivity index (χ0v) is 12.9. The fourth-order valence-corrected chi connectivity index (χ4v) is 2.75. The molecule has 0 amide bonds. The zero-order valence-electron chi connectivity index (χ0n) is 11.4. The van der Waals surface area contributed by atoms with E-state index in [4.69, 9.17) is 5.73 Å². The summed E-state index contributed by atoms with van der Waals surface area (Å²) in [6, 6.07) is 14.9. The summed E-state index contributed by atoms with van der Waals surface area (Å²) >= 11 is 3.56. The first-order valence-corrected chi connectivity index (χ1v) is 7.27. The van der Waals surface area contributed by atoms with Crippen LogP contribution in [0.3, 0.4) is 0 Å². The Morgan fingerprint density at radius 2 is 1.89 bits per heavy atom. The van der Waals surface area contributed by atoms with E-state index < -0.39 is 0 Å². The maximum absolute atomic E-state index is 5.75. The number of hydrogen-bond acceptors (Lipinski definition) is 2. The minimum atomic E-state index is 0.553. The molecule has 0 unspecified atom stereocenters. The van der Waals surface area contributed by atoms with Crippen LogP contribution in [-0.2, 0) is 6.54 Å². The van der Waals surface area contributed by atoms with Gasteiger partial charge in [0.15, 0.2) is 0 Å². The van der Waals surface area contributed by atoms with Crippen LogP contribution in [0, 0.1) is 6.92 Å². The predicted molar refractivity (Wildman–Crippen MR) is 85.9 cm³/mol. The van der Waals surface area contributed by atoms with Gasteiger partial charge in [0.25, 0.3) is 0 Å². The fraction of sp³-hybridized carbons (Fsp3) is 0.250. The van der Waals surface area contributed by atoms with Gasteiger partial charge in [-0.05, 0) is 55.3 Å². The first kappa shape index (κ1) is 14.1. The van der Waals surface area contributed by atoms with Crippen molar-refractivity contribution in [1.29, 1.82) is 0 Å². The molecule has 2 aromatic carbocycles. The number of anilines is 2. The van der Waals surface area contributed by atoms with E-state index in [1.54, 1.807) is 0 Å².